The summed E-state index contributed by atoms with van der Waals surface area (Å²) in [5.41, 5.74) is -0.751. The Morgan fingerprint density at radius 3 is 2.78 bits per heavy atom. The zero-order valence-electron chi connectivity index (χ0n) is 13.9. The molecule has 0 saturated heterocycles. The summed E-state index contributed by atoms with van der Waals surface area (Å²) in [7, 11) is 0. The quantitative estimate of drug-likeness (QED) is 0.452. The van der Waals surface area contributed by atoms with Gasteiger partial charge in [-0.05, 0) is 19.1 Å². The molecule has 0 aliphatic heterocycles. The summed E-state index contributed by atoms with van der Waals surface area (Å²) < 4.78 is 40.8. The average Bonchev–Trinajstić information content (AvgIpc) is 2.98. The molecule has 142 valence electrons. The predicted molar refractivity (Wildman–Crippen MR) is 94.9 cm³/mol. The highest BCUT2D eigenvalue weighted by molar-refractivity contribution is 6.31. The molecule has 10 heteroatoms. The number of allylic oxidation sites excluding steroid dienone is 4. The molecule has 0 radical (unpaired) electrons. The van der Waals surface area contributed by atoms with Crippen molar-refractivity contribution in [1.29, 1.82) is 0 Å². The Hall–Kier alpha value is -2.34. The molecule has 2 heterocycles. The van der Waals surface area contributed by atoms with Crippen molar-refractivity contribution in [3.05, 3.63) is 63.5 Å². The van der Waals surface area contributed by atoms with Crippen LogP contribution in [0.1, 0.15) is 30.0 Å². The second-order valence-electron chi connectivity index (χ2n) is 5.47. The minimum atomic E-state index is -4.68. The zero-order valence-corrected chi connectivity index (χ0v) is 15.4. The van der Waals surface area contributed by atoms with Crippen molar-refractivity contribution >= 4 is 23.2 Å². The van der Waals surface area contributed by atoms with Crippen LogP contribution in [-0.4, -0.2) is 24.9 Å². The number of alkyl halides is 3. The predicted octanol–water partition coefficient (Wildman–Crippen LogP) is 4.13. The van der Waals surface area contributed by atoms with E-state index in [1.54, 1.807) is 6.92 Å². The summed E-state index contributed by atoms with van der Waals surface area (Å²) in [4.78, 5) is 7.40. The third kappa shape index (κ3) is 5.32. The fourth-order valence-corrected chi connectivity index (χ4v) is 2.67. The van der Waals surface area contributed by atoms with Crippen LogP contribution in [0.15, 0.2) is 41.3 Å². The fourth-order valence-electron chi connectivity index (χ4n) is 2.23. The van der Waals surface area contributed by atoms with Crippen LogP contribution in [0.25, 0.3) is 0 Å². The van der Waals surface area contributed by atoms with Crippen LogP contribution in [-0.2, 0) is 12.7 Å². The molecule has 1 N–H and O–H groups in total. The van der Waals surface area contributed by atoms with Crippen LogP contribution < -0.4 is 0 Å². The van der Waals surface area contributed by atoms with Crippen LogP contribution in [0.4, 0.5) is 13.2 Å². The van der Waals surface area contributed by atoms with Crippen molar-refractivity contribution in [2.45, 2.75) is 25.7 Å². The molecule has 1 atom stereocenters. The Morgan fingerprint density at radius 2 is 2.19 bits per heavy atom. The van der Waals surface area contributed by atoms with Gasteiger partial charge in [-0.1, -0.05) is 34.7 Å². The molecule has 2 rings (SSSR count). The number of hydrogen-bond donors (Lipinski definition) is 1. The lowest BCUT2D eigenvalue weighted by molar-refractivity contribution is -0.144. The van der Waals surface area contributed by atoms with Gasteiger partial charge in [-0.25, -0.2) is 9.97 Å². The molecule has 0 aromatic carbocycles. The van der Waals surface area contributed by atoms with E-state index in [0.717, 1.165) is 17.1 Å². The van der Waals surface area contributed by atoms with Gasteiger partial charge < -0.3 is 5.11 Å². The van der Waals surface area contributed by atoms with Crippen LogP contribution in [0.5, 0.6) is 0 Å². The zero-order chi connectivity index (χ0) is 20.2. The summed E-state index contributed by atoms with van der Waals surface area (Å²) in [6.45, 7) is 1.36. The minimum absolute atomic E-state index is 0.0461. The molecule has 0 saturated carbocycles. The first-order chi connectivity index (χ1) is 12.6. The van der Waals surface area contributed by atoms with Gasteiger partial charge in [0.25, 0.3) is 0 Å². The topological polar surface area (TPSA) is 63.8 Å². The molecule has 0 aliphatic carbocycles. The van der Waals surface area contributed by atoms with E-state index in [1.807, 2.05) is 0 Å². The third-order valence-corrected chi connectivity index (χ3v) is 3.89. The van der Waals surface area contributed by atoms with Gasteiger partial charge in [-0.3, -0.25) is 4.68 Å². The Balaban J connectivity index is 2.42. The first-order valence-corrected chi connectivity index (χ1v) is 8.16. The Morgan fingerprint density at radius 1 is 1.48 bits per heavy atom. The Bertz CT molecular complexity index is 929. The largest absolute Gasteiger partial charge is 0.433 e. The summed E-state index contributed by atoms with van der Waals surface area (Å²) in [5, 5.41) is 14.3. The monoisotopic (exact) mass is 416 g/mol. The van der Waals surface area contributed by atoms with Gasteiger partial charge in [0.05, 0.1) is 12.2 Å². The van der Waals surface area contributed by atoms with Crippen molar-refractivity contribution in [3.8, 4) is 12.3 Å². The van der Waals surface area contributed by atoms with Gasteiger partial charge in [-0.2, -0.15) is 18.3 Å². The standard InChI is InChI=1S/C17H13Cl2F3N4O/c1-3-4-11(18)5-10(2)8-26-14(17(20,21)22)6-13(25-26)15(27)12-7-23-9-24-16(12)19/h1,4-7,9,15,27H,8H2,2H3/b10-5+,11-4+. The van der Waals surface area contributed by atoms with E-state index in [2.05, 4.69) is 21.0 Å². The smallest absolute Gasteiger partial charge is 0.382 e. The summed E-state index contributed by atoms with van der Waals surface area (Å²) in [6.07, 6.45) is 3.95. The lowest BCUT2D eigenvalue weighted by Gasteiger charge is -2.10. The minimum Gasteiger partial charge on any atom is -0.382 e. The Kier molecular flexibility index (Phi) is 6.65. The van der Waals surface area contributed by atoms with Crippen molar-refractivity contribution in [2.24, 2.45) is 0 Å². The van der Waals surface area contributed by atoms with E-state index >= 15 is 0 Å². The van der Waals surface area contributed by atoms with Crippen LogP contribution in [0.3, 0.4) is 0 Å². The van der Waals surface area contributed by atoms with Gasteiger partial charge in [0.1, 0.15) is 23.3 Å². The molecular formula is C17H13Cl2F3N4O. The van der Waals surface area contributed by atoms with E-state index < -0.39 is 18.0 Å². The number of halogens is 5. The van der Waals surface area contributed by atoms with Crippen LogP contribution >= 0.6 is 23.2 Å². The number of aromatic nitrogens is 4. The highest BCUT2D eigenvalue weighted by atomic mass is 35.5. The normalized spacial score (nSPS) is 14.1. The SMILES string of the molecule is C#C/C=C(Cl)\C=C(/C)Cn1nc(C(O)c2cncnc2Cl)cc1C(F)(F)F. The molecule has 5 nitrogen and oxygen atoms in total. The molecular weight excluding hydrogens is 404 g/mol. The number of nitrogens with zero attached hydrogens (tertiary/aromatic N) is 4. The molecule has 0 aliphatic rings. The van der Waals surface area contributed by atoms with Gasteiger partial charge in [-0.15, -0.1) is 6.42 Å². The average molecular weight is 417 g/mol. The number of aliphatic hydroxyl groups is 1. The second-order valence-corrected chi connectivity index (χ2v) is 6.26. The molecule has 27 heavy (non-hydrogen) atoms. The highest BCUT2D eigenvalue weighted by Crippen LogP contribution is 2.33. The maximum Gasteiger partial charge on any atom is 0.433 e. The first-order valence-electron chi connectivity index (χ1n) is 7.41. The first kappa shape index (κ1) is 21.0. The van der Waals surface area contributed by atoms with Crippen LogP contribution in [0, 0.1) is 12.3 Å². The van der Waals surface area contributed by atoms with Crippen molar-refractivity contribution in [2.75, 3.05) is 0 Å². The lowest BCUT2D eigenvalue weighted by Crippen LogP contribution is -2.15. The maximum atomic E-state index is 13.4. The fraction of sp³-hybridized carbons (Fsp3) is 0.235. The van der Waals surface area contributed by atoms with Crippen molar-refractivity contribution < 1.29 is 18.3 Å². The second kappa shape index (κ2) is 8.57. The molecule has 2 aromatic heterocycles. The van der Waals surface area contributed by atoms with Crippen LogP contribution in [0.2, 0.25) is 5.15 Å². The lowest BCUT2D eigenvalue weighted by atomic mass is 10.1. The van der Waals surface area contributed by atoms with Crippen molar-refractivity contribution in [1.82, 2.24) is 19.7 Å². The van der Waals surface area contributed by atoms with Crippen molar-refractivity contribution in [3.63, 3.8) is 0 Å². The van der Waals surface area contributed by atoms with Gasteiger partial charge in [0.15, 0.2) is 0 Å². The number of rotatable bonds is 5. The third-order valence-electron chi connectivity index (χ3n) is 3.36. The molecule has 0 fully saturated rings. The summed E-state index contributed by atoms with van der Waals surface area (Å²) >= 11 is 11.7. The summed E-state index contributed by atoms with van der Waals surface area (Å²) in [5.74, 6) is 2.22. The molecule has 0 bridgehead atoms. The van der Waals surface area contributed by atoms with Gasteiger partial charge in [0.2, 0.25) is 0 Å². The van der Waals surface area contributed by atoms with E-state index in [1.165, 1.54) is 18.3 Å². The van der Waals surface area contributed by atoms with E-state index in [0.29, 0.717) is 5.57 Å². The molecule has 0 amide bonds. The highest BCUT2D eigenvalue weighted by Gasteiger charge is 2.37. The Labute approximate surface area is 163 Å². The summed E-state index contributed by atoms with van der Waals surface area (Å²) in [6, 6.07) is 0.750. The molecule has 0 spiro atoms. The number of terminal acetylenes is 1. The molecule has 2 aromatic rings. The van der Waals surface area contributed by atoms with E-state index in [9.17, 15) is 18.3 Å². The van der Waals surface area contributed by atoms with E-state index in [-0.39, 0.29) is 28.0 Å². The van der Waals surface area contributed by atoms with Gasteiger partial charge in [0, 0.05) is 22.9 Å². The number of aliphatic hydroxyl groups excluding tert-OH is 1. The van der Waals surface area contributed by atoms with Gasteiger partial charge >= 0.3 is 6.18 Å². The maximum absolute atomic E-state index is 13.4. The van der Waals surface area contributed by atoms with E-state index in [4.69, 9.17) is 29.6 Å². The number of hydrogen-bond acceptors (Lipinski definition) is 4. The molecule has 1 unspecified atom stereocenters.